The minimum atomic E-state index is -1.20. The predicted octanol–water partition coefficient (Wildman–Crippen LogP) is 1.10. The zero-order valence-corrected chi connectivity index (χ0v) is 21.5. The van der Waals surface area contributed by atoms with E-state index in [0.29, 0.717) is 25.2 Å². The second-order valence-corrected chi connectivity index (χ2v) is 10.2. The Labute approximate surface area is 206 Å². The molecule has 11 nitrogen and oxygen atoms in total. The van der Waals surface area contributed by atoms with Crippen molar-refractivity contribution in [2.75, 3.05) is 19.4 Å². The maximum atomic E-state index is 12.6. The molecule has 35 heavy (non-hydrogen) atoms. The van der Waals surface area contributed by atoms with Crippen LogP contribution in [0.25, 0.3) is 0 Å². The van der Waals surface area contributed by atoms with Crippen LogP contribution < -0.4 is 11.0 Å². The van der Waals surface area contributed by atoms with E-state index in [9.17, 15) is 19.8 Å². The molecular weight excluding hydrogens is 456 g/mol. The number of nitrogens with one attached hydrogen (secondary N) is 1. The van der Waals surface area contributed by atoms with Gasteiger partial charge in [-0.2, -0.15) is 4.98 Å². The van der Waals surface area contributed by atoms with Crippen molar-refractivity contribution < 1.29 is 29.2 Å². The SMILES string of the molecule is CC(C)CCC(=O)Nc1ccn([C@H]2CC[C@H](O[C@H]3O[C@H](C)[C@@H](N(C)C)[C@H](O)[C@H]3O)[C@@H](C)O2)c(=O)n1. The summed E-state index contributed by atoms with van der Waals surface area (Å²) >= 11 is 0. The first-order valence-electron chi connectivity index (χ1n) is 12.4. The highest BCUT2D eigenvalue weighted by molar-refractivity contribution is 5.89. The lowest BCUT2D eigenvalue weighted by Crippen LogP contribution is -2.62. The van der Waals surface area contributed by atoms with Gasteiger partial charge in [0, 0.05) is 12.6 Å². The molecule has 8 atom stereocenters. The number of hydrogen-bond acceptors (Lipinski definition) is 9. The van der Waals surface area contributed by atoms with E-state index in [1.807, 2.05) is 46.7 Å². The fourth-order valence-corrected chi connectivity index (χ4v) is 4.68. The van der Waals surface area contributed by atoms with Gasteiger partial charge in [-0.1, -0.05) is 13.8 Å². The highest BCUT2D eigenvalue weighted by Gasteiger charge is 2.46. The first kappa shape index (κ1) is 27.7. The second kappa shape index (κ2) is 11.9. The molecule has 11 heteroatoms. The van der Waals surface area contributed by atoms with Gasteiger partial charge < -0.3 is 34.6 Å². The minimum absolute atomic E-state index is 0.172. The molecule has 1 aromatic heterocycles. The monoisotopic (exact) mass is 496 g/mol. The highest BCUT2D eigenvalue weighted by atomic mass is 16.7. The van der Waals surface area contributed by atoms with Crippen LogP contribution in [0.3, 0.4) is 0 Å². The van der Waals surface area contributed by atoms with Crippen molar-refractivity contribution in [2.45, 2.75) is 102 Å². The molecule has 0 aromatic carbocycles. The number of aliphatic hydroxyl groups is 2. The second-order valence-electron chi connectivity index (χ2n) is 10.2. The van der Waals surface area contributed by atoms with E-state index < -0.39 is 36.5 Å². The fraction of sp³-hybridized carbons (Fsp3) is 0.792. The van der Waals surface area contributed by atoms with Gasteiger partial charge in [-0.15, -0.1) is 0 Å². The quantitative estimate of drug-likeness (QED) is 0.483. The number of carbonyl (C=O) groups is 1. The molecule has 0 radical (unpaired) electrons. The summed E-state index contributed by atoms with van der Waals surface area (Å²) in [4.78, 5) is 30.4. The fourth-order valence-electron chi connectivity index (χ4n) is 4.68. The molecule has 1 amide bonds. The Morgan fingerprint density at radius 1 is 1.23 bits per heavy atom. The Kier molecular flexibility index (Phi) is 9.41. The van der Waals surface area contributed by atoms with Gasteiger partial charge in [0.05, 0.1) is 24.4 Å². The molecule has 3 N–H and O–H groups in total. The lowest BCUT2D eigenvalue weighted by atomic mass is 9.96. The summed E-state index contributed by atoms with van der Waals surface area (Å²) in [6.07, 6.45) is -1.10. The van der Waals surface area contributed by atoms with Crippen molar-refractivity contribution in [1.82, 2.24) is 14.5 Å². The molecule has 2 aliphatic rings. The first-order valence-corrected chi connectivity index (χ1v) is 12.4. The lowest BCUT2D eigenvalue weighted by molar-refractivity contribution is -0.310. The molecule has 1 aromatic rings. The van der Waals surface area contributed by atoms with E-state index in [4.69, 9.17) is 14.2 Å². The third kappa shape index (κ3) is 6.87. The van der Waals surface area contributed by atoms with Crippen LogP contribution in [-0.2, 0) is 19.0 Å². The molecule has 198 valence electrons. The molecular formula is C24H40N4O7. The van der Waals surface area contributed by atoms with Gasteiger partial charge in [-0.25, -0.2) is 4.79 Å². The number of aliphatic hydroxyl groups excluding tert-OH is 2. The minimum Gasteiger partial charge on any atom is -0.388 e. The van der Waals surface area contributed by atoms with Gasteiger partial charge in [0.2, 0.25) is 5.91 Å². The van der Waals surface area contributed by atoms with Crippen molar-refractivity contribution in [1.29, 1.82) is 0 Å². The Morgan fingerprint density at radius 2 is 1.94 bits per heavy atom. The molecule has 0 unspecified atom stereocenters. The maximum absolute atomic E-state index is 12.6. The van der Waals surface area contributed by atoms with Gasteiger partial charge in [-0.05, 0) is 59.2 Å². The Morgan fingerprint density at radius 3 is 2.54 bits per heavy atom. The van der Waals surface area contributed by atoms with Crippen molar-refractivity contribution in [3.63, 3.8) is 0 Å². The third-order valence-electron chi connectivity index (χ3n) is 6.66. The van der Waals surface area contributed by atoms with E-state index in [-0.39, 0.29) is 30.0 Å². The van der Waals surface area contributed by atoms with Crippen LogP contribution in [0.2, 0.25) is 0 Å². The number of rotatable bonds is 8. The lowest BCUT2D eigenvalue weighted by Gasteiger charge is -2.46. The molecule has 0 saturated carbocycles. The average Bonchev–Trinajstić information content (AvgIpc) is 2.77. The van der Waals surface area contributed by atoms with E-state index in [1.165, 1.54) is 4.57 Å². The molecule has 2 saturated heterocycles. The summed E-state index contributed by atoms with van der Waals surface area (Å²) in [5, 5.41) is 23.8. The topological polar surface area (TPSA) is 135 Å². The predicted molar refractivity (Wildman–Crippen MR) is 129 cm³/mol. The van der Waals surface area contributed by atoms with Crippen LogP contribution in [0.1, 0.15) is 59.6 Å². The van der Waals surface area contributed by atoms with Crippen molar-refractivity contribution in [2.24, 2.45) is 5.92 Å². The summed E-state index contributed by atoms with van der Waals surface area (Å²) in [5.74, 6) is 0.461. The number of likely N-dealkylation sites (N-methyl/N-ethyl adjacent to an activating group) is 1. The summed E-state index contributed by atoms with van der Waals surface area (Å²) in [5.41, 5.74) is -0.513. The molecule has 2 aliphatic heterocycles. The normalized spacial score (nSPS) is 33.8. The van der Waals surface area contributed by atoms with Gasteiger partial charge in [0.1, 0.15) is 24.3 Å². The number of anilines is 1. The van der Waals surface area contributed by atoms with Crippen LogP contribution in [0.4, 0.5) is 5.82 Å². The van der Waals surface area contributed by atoms with Crippen LogP contribution in [0.15, 0.2) is 17.1 Å². The summed E-state index contributed by atoms with van der Waals surface area (Å²) < 4.78 is 19.3. The number of hydrogen-bond donors (Lipinski definition) is 3. The van der Waals surface area contributed by atoms with E-state index in [1.54, 1.807) is 12.3 Å². The van der Waals surface area contributed by atoms with Crippen LogP contribution in [0, 0.1) is 5.92 Å². The van der Waals surface area contributed by atoms with Crippen molar-refractivity contribution in [3.05, 3.63) is 22.7 Å². The van der Waals surface area contributed by atoms with Crippen LogP contribution >= 0.6 is 0 Å². The van der Waals surface area contributed by atoms with Crippen LogP contribution in [-0.4, -0.2) is 87.5 Å². The first-order chi connectivity index (χ1) is 16.5. The summed E-state index contributed by atoms with van der Waals surface area (Å²) in [6, 6.07) is 1.23. The van der Waals surface area contributed by atoms with Crippen molar-refractivity contribution in [3.8, 4) is 0 Å². The van der Waals surface area contributed by atoms with Gasteiger partial charge in [0.25, 0.3) is 0 Å². The van der Waals surface area contributed by atoms with E-state index in [2.05, 4.69) is 10.3 Å². The molecule has 3 rings (SSSR count). The van der Waals surface area contributed by atoms with Gasteiger partial charge >= 0.3 is 5.69 Å². The van der Waals surface area contributed by atoms with E-state index in [0.717, 1.165) is 6.42 Å². The summed E-state index contributed by atoms with van der Waals surface area (Å²) in [6.45, 7) is 7.75. The Bertz CT molecular complexity index is 908. The zero-order chi connectivity index (χ0) is 25.9. The highest BCUT2D eigenvalue weighted by Crippen LogP contribution is 2.32. The Balaban J connectivity index is 1.57. The summed E-state index contributed by atoms with van der Waals surface area (Å²) in [7, 11) is 3.64. The molecule has 2 fully saturated rings. The molecule has 0 spiro atoms. The average molecular weight is 497 g/mol. The zero-order valence-electron chi connectivity index (χ0n) is 21.5. The maximum Gasteiger partial charge on any atom is 0.351 e. The Hall–Kier alpha value is -1.89. The van der Waals surface area contributed by atoms with Gasteiger partial charge in [0.15, 0.2) is 6.29 Å². The smallest absolute Gasteiger partial charge is 0.351 e. The third-order valence-corrected chi connectivity index (χ3v) is 6.66. The van der Waals surface area contributed by atoms with Crippen molar-refractivity contribution >= 4 is 11.7 Å². The number of nitrogens with zero attached hydrogens (tertiary/aromatic N) is 3. The number of amides is 1. The molecule has 0 bridgehead atoms. The standard InChI is InChI=1S/C24H40N4O7/c1-13(2)7-9-18(29)25-17-11-12-28(24(32)26-17)19-10-8-16(14(3)33-19)35-23-22(31)21(30)20(27(5)6)15(4)34-23/h11-16,19-23,30-31H,7-10H2,1-6H3,(H,25,26,29,32)/t14-,15-,16+,19-,20-,21+,22-,23-/m1/s1. The number of aromatic nitrogens is 2. The van der Waals surface area contributed by atoms with Gasteiger partial charge in [-0.3, -0.25) is 9.36 Å². The van der Waals surface area contributed by atoms with Crippen LogP contribution in [0.5, 0.6) is 0 Å². The van der Waals surface area contributed by atoms with E-state index >= 15 is 0 Å². The largest absolute Gasteiger partial charge is 0.388 e. The number of ether oxygens (including phenoxy) is 3. The molecule has 0 aliphatic carbocycles. The molecule has 3 heterocycles. The number of carbonyl (C=O) groups excluding carboxylic acids is 1.